The number of thiazole rings is 1. The van der Waals surface area contributed by atoms with Gasteiger partial charge in [-0.15, -0.1) is 11.3 Å². The first-order valence-corrected chi connectivity index (χ1v) is 8.66. The zero-order chi connectivity index (χ0) is 16.3. The number of carboxylic acid groups (broad SMARTS) is 1. The highest BCUT2D eigenvalue weighted by Crippen LogP contribution is 2.28. The molecule has 1 aromatic heterocycles. The van der Waals surface area contributed by atoms with Crippen molar-refractivity contribution in [3.63, 3.8) is 0 Å². The molecule has 122 valence electrons. The summed E-state index contributed by atoms with van der Waals surface area (Å²) in [7, 11) is 0. The van der Waals surface area contributed by atoms with Crippen LogP contribution in [0.25, 0.3) is 0 Å². The molecule has 0 aromatic carbocycles. The maximum absolute atomic E-state index is 12.7. The van der Waals surface area contributed by atoms with Crippen molar-refractivity contribution in [2.45, 2.75) is 64.3 Å². The number of nitrogens with zero attached hydrogens (tertiary/aromatic N) is 2. The van der Waals surface area contributed by atoms with E-state index in [0.29, 0.717) is 18.7 Å². The number of carboxylic acids is 1. The van der Waals surface area contributed by atoms with E-state index in [9.17, 15) is 9.59 Å². The molecule has 1 amide bonds. The molecule has 1 atom stereocenters. The van der Waals surface area contributed by atoms with Gasteiger partial charge in [0.1, 0.15) is 5.69 Å². The number of aliphatic carboxylic acids is 1. The van der Waals surface area contributed by atoms with E-state index in [0.717, 1.165) is 24.3 Å². The number of rotatable bonds is 4. The van der Waals surface area contributed by atoms with Gasteiger partial charge in [0.25, 0.3) is 5.91 Å². The normalized spacial score (nSPS) is 19.2. The number of likely N-dealkylation sites (tertiary alicyclic amines) is 1. The molecule has 0 radical (unpaired) electrons. The Morgan fingerprint density at radius 2 is 2.14 bits per heavy atom. The molecular formula is C16H24N2O3S. The van der Waals surface area contributed by atoms with Crippen LogP contribution in [0.2, 0.25) is 0 Å². The lowest BCUT2D eigenvalue weighted by Crippen LogP contribution is -2.44. The van der Waals surface area contributed by atoms with Gasteiger partial charge in [-0.3, -0.25) is 9.59 Å². The predicted octanol–water partition coefficient (Wildman–Crippen LogP) is 3.30. The van der Waals surface area contributed by atoms with E-state index in [2.05, 4.69) is 25.8 Å². The number of amides is 1. The maximum Gasteiger partial charge on any atom is 0.303 e. The first kappa shape index (κ1) is 16.9. The average molecular weight is 324 g/mol. The Labute approximate surface area is 135 Å². The fraction of sp³-hybridized carbons (Fsp3) is 0.688. The lowest BCUT2D eigenvalue weighted by molar-refractivity contribution is -0.137. The SMILES string of the molecule is CC(C)(C)c1nc(C(=O)N2CCCCC2CCC(=O)O)cs1. The van der Waals surface area contributed by atoms with E-state index in [1.807, 2.05) is 10.3 Å². The molecule has 0 saturated carbocycles. The quantitative estimate of drug-likeness (QED) is 0.922. The molecular weight excluding hydrogens is 300 g/mol. The van der Waals surface area contributed by atoms with Crippen LogP contribution >= 0.6 is 11.3 Å². The monoisotopic (exact) mass is 324 g/mol. The van der Waals surface area contributed by atoms with Gasteiger partial charge in [0.2, 0.25) is 0 Å². The van der Waals surface area contributed by atoms with Crippen LogP contribution in [0.4, 0.5) is 0 Å². The molecule has 2 rings (SSSR count). The molecule has 1 saturated heterocycles. The molecule has 0 bridgehead atoms. The first-order chi connectivity index (χ1) is 10.3. The third-order valence-corrected chi connectivity index (χ3v) is 5.21. The summed E-state index contributed by atoms with van der Waals surface area (Å²) in [4.78, 5) is 29.8. The summed E-state index contributed by atoms with van der Waals surface area (Å²) >= 11 is 1.52. The summed E-state index contributed by atoms with van der Waals surface area (Å²) in [6, 6.07) is 0.0251. The van der Waals surface area contributed by atoms with Crippen molar-refractivity contribution in [2.24, 2.45) is 0 Å². The second-order valence-corrected chi connectivity index (χ2v) is 7.73. The fourth-order valence-corrected chi connectivity index (χ4v) is 3.60. The number of aromatic nitrogens is 1. The van der Waals surface area contributed by atoms with Crippen molar-refractivity contribution in [3.05, 3.63) is 16.1 Å². The highest BCUT2D eigenvalue weighted by Gasteiger charge is 2.30. The van der Waals surface area contributed by atoms with Crippen molar-refractivity contribution in [1.29, 1.82) is 0 Å². The number of hydrogen-bond acceptors (Lipinski definition) is 4. The third kappa shape index (κ3) is 4.06. The van der Waals surface area contributed by atoms with Crippen LogP contribution in [0, 0.1) is 0 Å². The van der Waals surface area contributed by atoms with Gasteiger partial charge < -0.3 is 10.0 Å². The van der Waals surface area contributed by atoms with Crippen LogP contribution in [0.3, 0.4) is 0 Å². The second kappa shape index (κ2) is 6.77. The van der Waals surface area contributed by atoms with Gasteiger partial charge in [-0.25, -0.2) is 4.98 Å². The zero-order valence-corrected chi connectivity index (χ0v) is 14.3. The first-order valence-electron chi connectivity index (χ1n) is 7.78. The number of carbonyl (C=O) groups is 2. The van der Waals surface area contributed by atoms with Crippen LogP contribution in [0.5, 0.6) is 0 Å². The Kier molecular flexibility index (Phi) is 5.21. The van der Waals surface area contributed by atoms with Gasteiger partial charge in [-0.2, -0.15) is 0 Å². The van der Waals surface area contributed by atoms with Crippen LogP contribution in [-0.2, 0) is 10.2 Å². The Hall–Kier alpha value is -1.43. The van der Waals surface area contributed by atoms with Crippen LogP contribution in [0.1, 0.15) is 68.4 Å². The van der Waals surface area contributed by atoms with E-state index >= 15 is 0 Å². The molecule has 6 heteroatoms. The minimum Gasteiger partial charge on any atom is -0.481 e. The largest absolute Gasteiger partial charge is 0.481 e. The van der Waals surface area contributed by atoms with Gasteiger partial charge >= 0.3 is 5.97 Å². The van der Waals surface area contributed by atoms with Crippen molar-refractivity contribution in [2.75, 3.05) is 6.54 Å². The molecule has 2 heterocycles. The molecule has 0 spiro atoms. The van der Waals surface area contributed by atoms with Crippen LogP contribution in [0.15, 0.2) is 5.38 Å². The van der Waals surface area contributed by atoms with Crippen LogP contribution in [-0.4, -0.2) is 39.5 Å². The van der Waals surface area contributed by atoms with Gasteiger partial charge in [-0.05, 0) is 25.7 Å². The molecule has 1 aliphatic rings. The topological polar surface area (TPSA) is 70.5 Å². The van der Waals surface area contributed by atoms with Crippen LogP contribution < -0.4 is 0 Å². The summed E-state index contributed by atoms with van der Waals surface area (Å²) in [5.74, 6) is -0.858. The van der Waals surface area contributed by atoms with Crippen molar-refractivity contribution in [1.82, 2.24) is 9.88 Å². The van der Waals surface area contributed by atoms with E-state index in [1.54, 1.807) is 0 Å². The summed E-state index contributed by atoms with van der Waals surface area (Å²) < 4.78 is 0. The Morgan fingerprint density at radius 3 is 2.73 bits per heavy atom. The number of piperidine rings is 1. The van der Waals surface area contributed by atoms with E-state index in [1.165, 1.54) is 11.3 Å². The molecule has 1 aliphatic heterocycles. The molecule has 0 aliphatic carbocycles. The Balaban J connectivity index is 2.11. The number of carbonyl (C=O) groups excluding carboxylic acids is 1. The van der Waals surface area contributed by atoms with Gasteiger partial charge in [-0.1, -0.05) is 20.8 Å². The smallest absolute Gasteiger partial charge is 0.303 e. The zero-order valence-electron chi connectivity index (χ0n) is 13.5. The molecule has 1 aromatic rings. The standard InChI is InChI=1S/C16H24N2O3S/c1-16(2,3)15-17-12(10-22-15)14(21)18-9-5-4-6-11(18)7-8-13(19)20/h10-11H,4-9H2,1-3H3,(H,19,20). The average Bonchev–Trinajstić information content (AvgIpc) is 2.94. The predicted molar refractivity (Wildman–Crippen MR) is 86.4 cm³/mol. The molecule has 22 heavy (non-hydrogen) atoms. The summed E-state index contributed by atoms with van der Waals surface area (Å²) in [5, 5.41) is 11.6. The van der Waals surface area contributed by atoms with Gasteiger partial charge in [0.05, 0.1) is 5.01 Å². The van der Waals surface area contributed by atoms with Gasteiger partial charge in [0, 0.05) is 29.8 Å². The van der Waals surface area contributed by atoms with E-state index < -0.39 is 5.97 Å². The number of hydrogen-bond donors (Lipinski definition) is 1. The van der Waals surface area contributed by atoms with Crippen molar-refractivity contribution in [3.8, 4) is 0 Å². The van der Waals surface area contributed by atoms with E-state index in [4.69, 9.17) is 5.11 Å². The molecule has 1 fully saturated rings. The molecule has 1 unspecified atom stereocenters. The summed E-state index contributed by atoms with van der Waals surface area (Å²) in [6.45, 7) is 6.94. The Bertz CT molecular complexity index is 548. The lowest BCUT2D eigenvalue weighted by Gasteiger charge is -2.35. The fourth-order valence-electron chi connectivity index (χ4n) is 2.72. The highest BCUT2D eigenvalue weighted by molar-refractivity contribution is 7.10. The third-order valence-electron chi connectivity index (χ3n) is 3.94. The molecule has 1 N–H and O–H groups in total. The second-order valence-electron chi connectivity index (χ2n) is 6.87. The lowest BCUT2D eigenvalue weighted by atomic mass is 9.97. The van der Waals surface area contributed by atoms with Gasteiger partial charge in [0.15, 0.2) is 0 Å². The van der Waals surface area contributed by atoms with E-state index in [-0.39, 0.29) is 23.8 Å². The summed E-state index contributed by atoms with van der Waals surface area (Å²) in [6.07, 6.45) is 3.55. The highest BCUT2D eigenvalue weighted by atomic mass is 32.1. The minimum atomic E-state index is -0.804. The Morgan fingerprint density at radius 1 is 1.41 bits per heavy atom. The van der Waals surface area contributed by atoms with Crippen molar-refractivity contribution < 1.29 is 14.7 Å². The summed E-state index contributed by atoms with van der Waals surface area (Å²) in [5.41, 5.74) is 0.436. The maximum atomic E-state index is 12.7. The van der Waals surface area contributed by atoms with Crippen molar-refractivity contribution >= 4 is 23.2 Å². The minimum absolute atomic E-state index is 0.0251. The molecule has 5 nitrogen and oxygen atoms in total.